The summed E-state index contributed by atoms with van der Waals surface area (Å²) in [7, 11) is 1.53. The lowest BCUT2D eigenvalue weighted by atomic mass is 10.0. The Morgan fingerprint density at radius 3 is 1.68 bits per heavy atom. The van der Waals surface area contributed by atoms with E-state index in [1.54, 1.807) is 14.2 Å². The molecule has 0 bridgehead atoms. The molecular weight excluding hydrogens is 407 g/mol. The SMILES string of the molecule is COc1cc(C)cc(OC)c1C(=O)P(C(=O)c1c(C)cc(C)cc1C)C1CCCCC1. The summed E-state index contributed by atoms with van der Waals surface area (Å²) in [6.07, 6.45) is 5.14. The smallest absolute Gasteiger partial charge is 0.199 e. The largest absolute Gasteiger partial charge is 0.496 e. The predicted octanol–water partition coefficient (Wildman–Crippen LogP) is 6.73. The maximum atomic E-state index is 14.1. The predicted molar refractivity (Wildman–Crippen MR) is 127 cm³/mol. The van der Waals surface area contributed by atoms with Crippen LogP contribution in [-0.2, 0) is 0 Å². The van der Waals surface area contributed by atoms with E-state index >= 15 is 0 Å². The summed E-state index contributed by atoms with van der Waals surface area (Å²) < 4.78 is 11.1. The molecule has 4 nitrogen and oxygen atoms in total. The molecule has 1 atom stereocenters. The highest BCUT2D eigenvalue weighted by molar-refractivity contribution is 7.90. The van der Waals surface area contributed by atoms with Crippen LogP contribution >= 0.6 is 7.92 Å². The van der Waals surface area contributed by atoms with Gasteiger partial charge in [0.05, 0.1) is 14.2 Å². The quantitative estimate of drug-likeness (QED) is 0.448. The van der Waals surface area contributed by atoms with E-state index in [0.717, 1.165) is 47.9 Å². The Balaban J connectivity index is 2.15. The van der Waals surface area contributed by atoms with Gasteiger partial charge in [-0.2, -0.15) is 0 Å². The lowest BCUT2D eigenvalue weighted by Gasteiger charge is -2.30. The van der Waals surface area contributed by atoms with Gasteiger partial charge < -0.3 is 9.47 Å². The van der Waals surface area contributed by atoms with Crippen LogP contribution in [0.15, 0.2) is 24.3 Å². The number of methoxy groups -OCH3 is 2. The minimum Gasteiger partial charge on any atom is -0.496 e. The summed E-state index contributed by atoms with van der Waals surface area (Å²) in [6.45, 7) is 7.91. The van der Waals surface area contributed by atoms with Crippen molar-refractivity contribution in [3.05, 3.63) is 57.6 Å². The number of carbonyl (C=O) groups excluding carboxylic acids is 2. The van der Waals surface area contributed by atoms with Crippen molar-refractivity contribution in [2.24, 2.45) is 0 Å². The fraction of sp³-hybridized carbons (Fsp3) is 0.462. The van der Waals surface area contributed by atoms with Gasteiger partial charge in [-0.05, 0) is 75.0 Å². The summed E-state index contributed by atoms with van der Waals surface area (Å²) in [6, 6.07) is 7.76. The monoisotopic (exact) mass is 440 g/mol. The first-order valence-corrected chi connectivity index (χ1v) is 12.4. The number of carbonyl (C=O) groups is 2. The zero-order chi connectivity index (χ0) is 22.7. The van der Waals surface area contributed by atoms with Crippen LogP contribution in [0.4, 0.5) is 0 Å². The number of hydrogen-bond acceptors (Lipinski definition) is 4. The molecule has 0 aromatic heterocycles. The second-order valence-corrected chi connectivity index (χ2v) is 10.9. The van der Waals surface area contributed by atoms with Gasteiger partial charge in [-0.15, -0.1) is 0 Å². The van der Waals surface area contributed by atoms with E-state index in [9.17, 15) is 9.59 Å². The zero-order valence-corrected chi connectivity index (χ0v) is 20.4. The third kappa shape index (κ3) is 4.85. The van der Waals surface area contributed by atoms with Gasteiger partial charge in [-0.1, -0.05) is 37.0 Å². The Hall–Kier alpha value is -2.19. The Morgan fingerprint density at radius 2 is 1.19 bits per heavy atom. The first-order valence-electron chi connectivity index (χ1n) is 11.0. The van der Waals surface area contributed by atoms with Crippen molar-refractivity contribution in [1.82, 2.24) is 0 Å². The fourth-order valence-electron chi connectivity index (χ4n) is 4.78. The molecule has 166 valence electrons. The van der Waals surface area contributed by atoms with Crippen LogP contribution in [0.3, 0.4) is 0 Å². The summed E-state index contributed by atoms with van der Waals surface area (Å²) in [5.41, 5.74) is 5.04. The van der Waals surface area contributed by atoms with E-state index in [2.05, 4.69) is 0 Å². The third-order valence-electron chi connectivity index (χ3n) is 6.13. The van der Waals surface area contributed by atoms with Crippen LogP contribution < -0.4 is 9.47 Å². The van der Waals surface area contributed by atoms with Gasteiger partial charge in [0.25, 0.3) is 0 Å². The van der Waals surface area contributed by atoms with Gasteiger partial charge in [0, 0.05) is 13.5 Å². The number of aryl methyl sites for hydroxylation is 4. The average molecular weight is 441 g/mol. The molecular formula is C26H33O4P. The molecule has 1 fully saturated rings. The lowest BCUT2D eigenvalue weighted by molar-refractivity contribution is 0.104. The molecule has 5 heteroatoms. The van der Waals surface area contributed by atoms with Gasteiger partial charge in [-0.3, -0.25) is 9.59 Å². The van der Waals surface area contributed by atoms with Crippen molar-refractivity contribution >= 4 is 19.0 Å². The molecule has 0 N–H and O–H groups in total. The minimum atomic E-state index is -1.59. The normalized spacial score (nSPS) is 15.4. The molecule has 0 spiro atoms. The molecule has 0 aliphatic heterocycles. The van der Waals surface area contributed by atoms with E-state index in [4.69, 9.17) is 9.47 Å². The molecule has 1 unspecified atom stereocenters. The molecule has 0 heterocycles. The van der Waals surface area contributed by atoms with Gasteiger partial charge in [0.2, 0.25) is 0 Å². The van der Waals surface area contributed by atoms with Gasteiger partial charge in [0.15, 0.2) is 11.0 Å². The van der Waals surface area contributed by atoms with E-state index in [-0.39, 0.29) is 16.7 Å². The fourth-order valence-corrected chi connectivity index (χ4v) is 7.56. The van der Waals surface area contributed by atoms with Crippen LogP contribution in [0.2, 0.25) is 0 Å². The standard InChI is InChI=1S/C26H33O4P/c1-16-12-18(3)23(19(4)13-16)25(27)31(20-10-8-7-9-11-20)26(28)24-21(29-5)14-17(2)15-22(24)30-6/h12-15,20H,7-11H2,1-6H3. The molecule has 1 aliphatic carbocycles. The van der Waals surface area contributed by atoms with Crippen LogP contribution in [0.25, 0.3) is 0 Å². The van der Waals surface area contributed by atoms with E-state index < -0.39 is 7.92 Å². The molecule has 2 aromatic rings. The Morgan fingerprint density at radius 1 is 0.742 bits per heavy atom. The summed E-state index contributed by atoms with van der Waals surface area (Å²) in [5, 5.41) is 0. The maximum absolute atomic E-state index is 14.1. The van der Waals surface area contributed by atoms with Crippen molar-refractivity contribution in [1.29, 1.82) is 0 Å². The zero-order valence-electron chi connectivity index (χ0n) is 19.5. The first kappa shape index (κ1) is 23.5. The third-order valence-corrected chi connectivity index (χ3v) is 8.70. The molecule has 1 saturated carbocycles. The highest BCUT2D eigenvalue weighted by Crippen LogP contribution is 2.55. The molecule has 0 radical (unpaired) electrons. The number of rotatable bonds is 7. The Kier molecular flexibility index (Phi) is 7.54. The van der Waals surface area contributed by atoms with Gasteiger partial charge in [-0.25, -0.2) is 0 Å². The second-order valence-electron chi connectivity index (χ2n) is 8.59. The average Bonchev–Trinajstić information content (AvgIpc) is 2.73. The van der Waals surface area contributed by atoms with E-state index in [0.29, 0.717) is 22.6 Å². The molecule has 0 amide bonds. The lowest BCUT2D eigenvalue weighted by Crippen LogP contribution is -2.22. The number of benzene rings is 2. The second kappa shape index (κ2) is 9.96. The number of ether oxygens (including phenoxy) is 2. The van der Waals surface area contributed by atoms with Gasteiger partial charge in [0.1, 0.15) is 17.1 Å². The Bertz CT molecular complexity index is 941. The van der Waals surface area contributed by atoms with Gasteiger partial charge >= 0.3 is 0 Å². The van der Waals surface area contributed by atoms with Crippen molar-refractivity contribution in [3.63, 3.8) is 0 Å². The molecule has 1 aliphatic rings. The minimum absolute atomic E-state index is 0.00780. The highest BCUT2D eigenvalue weighted by Gasteiger charge is 2.39. The summed E-state index contributed by atoms with van der Waals surface area (Å²) in [4.78, 5) is 28.1. The summed E-state index contributed by atoms with van der Waals surface area (Å²) >= 11 is 0. The molecule has 3 rings (SSSR count). The van der Waals surface area contributed by atoms with Crippen LogP contribution in [0, 0.1) is 27.7 Å². The summed E-state index contributed by atoms with van der Waals surface area (Å²) in [5.74, 6) is 0.964. The topological polar surface area (TPSA) is 52.6 Å². The van der Waals surface area contributed by atoms with E-state index in [1.807, 2.05) is 52.0 Å². The van der Waals surface area contributed by atoms with Crippen molar-refractivity contribution in [2.75, 3.05) is 14.2 Å². The maximum Gasteiger partial charge on any atom is 0.199 e. The molecule has 2 aromatic carbocycles. The van der Waals surface area contributed by atoms with Crippen LogP contribution in [0.1, 0.15) is 75.1 Å². The van der Waals surface area contributed by atoms with Crippen LogP contribution in [-0.4, -0.2) is 30.9 Å². The first-order chi connectivity index (χ1) is 14.8. The van der Waals surface area contributed by atoms with Crippen molar-refractivity contribution < 1.29 is 19.1 Å². The van der Waals surface area contributed by atoms with Crippen molar-refractivity contribution in [3.8, 4) is 11.5 Å². The molecule has 31 heavy (non-hydrogen) atoms. The Labute approximate surface area is 187 Å². The number of hydrogen-bond donors (Lipinski definition) is 0. The van der Waals surface area contributed by atoms with Crippen LogP contribution in [0.5, 0.6) is 11.5 Å². The highest BCUT2D eigenvalue weighted by atomic mass is 31.1. The van der Waals surface area contributed by atoms with Crippen molar-refractivity contribution in [2.45, 2.75) is 65.5 Å². The van der Waals surface area contributed by atoms with E-state index in [1.165, 1.54) is 6.42 Å². The molecule has 0 saturated heterocycles.